The number of hydrogen-bond donors (Lipinski definition) is 2. The third kappa shape index (κ3) is 3.15. The van der Waals surface area contributed by atoms with Crippen molar-refractivity contribution >= 4 is 17.5 Å². The van der Waals surface area contributed by atoms with Crippen LogP contribution in [0.25, 0.3) is 0 Å². The Morgan fingerprint density at radius 3 is 2.65 bits per heavy atom. The Bertz CT molecular complexity index is 469. The normalized spacial score (nSPS) is 18.8. The Kier molecular flexibility index (Phi) is 5.06. The van der Waals surface area contributed by atoms with Crippen LogP contribution in [0.1, 0.15) is 50.7 Å². The van der Waals surface area contributed by atoms with Crippen LogP contribution < -0.4 is 5.32 Å². The lowest BCUT2D eigenvalue weighted by molar-refractivity contribution is -0.131. The van der Waals surface area contributed by atoms with Crippen molar-refractivity contribution in [2.45, 2.75) is 45.1 Å². The summed E-state index contributed by atoms with van der Waals surface area (Å²) < 4.78 is 0. The summed E-state index contributed by atoms with van der Waals surface area (Å²) in [5.74, 6) is 0.0728. The van der Waals surface area contributed by atoms with Crippen LogP contribution in [0.2, 0.25) is 5.02 Å². The second-order valence-corrected chi connectivity index (χ2v) is 6.00. The number of aliphatic hydroxyl groups is 1. The van der Waals surface area contributed by atoms with Gasteiger partial charge in [-0.3, -0.25) is 4.79 Å². The number of aliphatic hydroxyl groups excluding tert-OH is 1. The molecule has 1 aromatic carbocycles. The SMILES string of the molecule is CCC1(C(=O)NCC(O)c2ccccc2Cl)CCCC1. The van der Waals surface area contributed by atoms with Crippen molar-refractivity contribution in [1.29, 1.82) is 0 Å². The fourth-order valence-corrected chi connectivity index (χ4v) is 3.29. The molecular weight excluding hydrogens is 274 g/mol. The molecule has 0 radical (unpaired) electrons. The topological polar surface area (TPSA) is 49.3 Å². The monoisotopic (exact) mass is 295 g/mol. The standard InChI is InChI=1S/C16H22ClNO2/c1-2-16(9-5-6-10-16)15(20)18-11-14(19)12-7-3-4-8-13(12)17/h3-4,7-8,14,19H,2,5-6,9-11H2,1H3,(H,18,20). The van der Waals surface area contributed by atoms with Gasteiger partial charge in [-0.1, -0.05) is 49.6 Å². The highest BCUT2D eigenvalue weighted by Gasteiger charge is 2.39. The second-order valence-electron chi connectivity index (χ2n) is 5.59. The largest absolute Gasteiger partial charge is 0.387 e. The van der Waals surface area contributed by atoms with Crippen molar-refractivity contribution < 1.29 is 9.90 Å². The maximum absolute atomic E-state index is 12.4. The molecule has 0 bridgehead atoms. The van der Waals surface area contributed by atoms with Gasteiger partial charge in [0, 0.05) is 22.5 Å². The smallest absolute Gasteiger partial charge is 0.226 e. The van der Waals surface area contributed by atoms with Gasteiger partial charge in [0.15, 0.2) is 0 Å². The van der Waals surface area contributed by atoms with Crippen molar-refractivity contribution in [3.05, 3.63) is 34.9 Å². The maximum atomic E-state index is 12.4. The lowest BCUT2D eigenvalue weighted by Crippen LogP contribution is -2.40. The summed E-state index contributed by atoms with van der Waals surface area (Å²) in [5.41, 5.74) is 0.437. The second kappa shape index (κ2) is 6.59. The number of hydrogen-bond acceptors (Lipinski definition) is 2. The maximum Gasteiger partial charge on any atom is 0.226 e. The molecule has 20 heavy (non-hydrogen) atoms. The first-order valence-electron chi connectivity index (χ1n) is 7.30. The van der Waals surface area contributed by atoms with Crippen LogP contribution in [0.4, 0.5) is 0 Å². The minimum Gasteiger partial charge on any atom is -0.387 e. The molecule has 2 rings (SSSR count). The molecule has 1 atom stereocenters. The van der Waals surface area contributed by atoms with Crippen molar-refractivity contribution in [2.24, 2.45) is 5.41 Å². The van der Waals surface area contributed by atoms with Crippen molar-refractivity contribution in [3.8, 4) is 0 Å². The zero-order valence-electron chi connectivity index (χ0n) is 11.9. The fourth-order valence-electron chi connectivity index (χ4n) is 3.03. The molecule has 4 heteroatoms. The Morgan fingerprint density at radius 2 is 2.05 bits per heavy atom. The van der Waals surface area contributed by atoms with Crippen LogP contribution in [-0.2, 0) is 4.79 Å². The van der Waals surface area contributed by atoms with Crippen molar-refractivity contribution in [3.63, 3.8) is 0 Å². The molecule has 1 amide bonds. The molecule has 110 valence electrons. The Hall–Kier alpha value is -1.06. The van der Waals surface area contributed by atoms with E-state index in [0.29, 0.717) is 10.6 Å². The highest BCUT2D eigenvalue weighted by Crippen LogP contribution is 2.41. The first kappa shape index (κ1) is 15.3. The molecule has 1 aromatic rings. The average molecular weight is 296 g/mol. The van der Waals surface area contributed by atoms with Crippen LogP contribution >= 0.6 is 11.6 Å². The minimum absolute atomic E-state index is 0.0728. The van der Waals surface area contributed by atoms with E-state index in [1.807, 2.05) is 12.1 Å². The zero-order valence-corrected chi connectivity index (χ0v) is 12.6. The number of carbonyl (C=O) groups excluding carboxylic acids is 1. The van der Waals surface area contributed by atoms with Gasteiger partial charge in [0.25, 0.3) is 0 Å². The molecule has 0 saturated heterocycles. The number of nitrogens with one attached hydrogen (secondary N) is 1. The van der Waals surface area contributed by atoms with Crippen LogP contribution in [0.5, 0.6) is 0 Å². The van der Waals surface area contributed by atoms with Gasteiger partial charge in [-0.05, 0) is 25.3 Å². The third-order valence-electron chi connectivity index (χ3n) is 4.44. The molecule has 1 aliphatic rings. The number of benzene rings is 1. The predicted molar refractivity (Wildman–Crippen MR) is 80.6 cm³/mol. The van der Waals surface area contributed by atoms with Crippen molar-refractivity contribution in [1.82, 2.24) is 5.32 Å². The van der Waals surface area contributed by atoms with Gasteiger partial charge in [0.1, 0.15) is 0 Å². The van der Waals surface area contributed by atoms with Gasteiger partial charge in [0.05, 0.1) is 6.10 Å². The number of rotatable bonds is 5. The fraction of sp³-hybridized carbons (Fsp3) is 0.562. The van der Waals surface area contributed by atoms with Gasteiger partial charge in [-0.25, -0.2) is 0 Å². The quantitative estimate of drug-likeness (QED) is 0.874. The highest BCUT2D eigenvalue weighted by molar-refractivity contribution is 6.31. The number of amides is 1. The molecule has 2 N–H and O–H groups in total. The van der Waals surface area contributed by atoms with E-state index in [9.17, 15) is 9.90 Å². The third-order valence-corrected chi connectivity index (χ3v) is 4.78. The van der Waals surface area contributed by atoms with E-state index in [1.165, 1.54) is 0 Å². The van der Waals surface area contributed by atoms with Gasteiger partial charge < -0.3 is 10.4 Å². The molecule has 0 heterocycles. The minimum atomic E-state index is -0.761. The van der Waals surface area contributed by atoms with Crippen LogP contribution in [0.3, 0.4) is 0 Å². The molecule has 1 fully saturated rings. The molecule has 1 aliphatic carbocycles. The van der Waals surface area contributed by atoms with Crippen molar-refractivity contribution in [2.75, 3.05) is 6.54 Å². The Labute approximate surface area is 125 Å². The summed E-state index contributed by atoms with van der Waals surface area (Å²) >= 11 is 6.04. The van der Waals surface area contributed by atoms with Gasteiger partial charge in [-0.15, -0.1) is 0 Å². The summed E-state index contributed by atoms with van der Waals surface area (Å²) in [4.78, 5) is 12.4. The molecule has 0 spiro atoms. The van der Waals surface area contributed by atoms with Crippen LogP contribution in [0, 0.1) is 5.41 Å². The number of halogens is 1. The molecule has 1 saturated carbocycles. The van der Waals surface area contributed by atoms with Crippen LogP contribution in [0.15, 0.2) is 24.3 Å². The van der Waals surface area contributed by atoms with Gasteiger partial charge in [-0.2, -0.15) is 0 Å². The lowest BCUT2D eigenvalue weighted by atomic mass is 9.82. The highest BCUT2D eigenvalue weighted by atomic mass is 35.5. The summed E-state index contributed by atoms with van der Waals surface area (Å²) in [5, 5.41) is 13.6. The van der Waals surface area contributed by atoms with E-state index in [4.69, 9.17) is 11.6 Å². The first-order chi connectivity index (χ1) is 9.59. The summed E-state index contributed by atoms with van der Waals surface area (Å²) in [6.45, 7) is 2.28. The summed E-state index contributed by atoms with van der Waals surface area (Å²) in [7, 11) is 0. The Morgan fingerprint density at radius 1 is 1.40 bits per heavy atom. The van der Waals surface area contributed by atoms with E-state index in [2.05, 4.69) is 12.2 Å². The van der Waals surface area contributed by atoms with E-state index >= 15 is 0 Å². The van der Waals surface area contributed by atoms with E-state index in [1.54, 1.807) is 12.1 Å². The molecule has 0 aliphatic heterocycles. The van der Waals surface area contributed by atoms with E-state index in [-0.39, 0.29) is 17.9 Å². The Balaban J connectivity index is 1.95. The van der Waals surface area contributed by atoms with E-state index in [0.717, 1.165) is 32.1 Å². The number of carbonyl (C=O) groups is 1. The zero-order chi connectivity index (χ0) is 14.6. The van der Waals surface area contributed by atoms with Crippen LogP contribution in [-0.4, -0.2) is 17.6 Å². The van der Waals surface area contributed by atoms with Gasteiger partial charge >= 0.3 is 0 Å². The lowest BCUT2D eigenvalue weighted by Gasteiger charge is -2.26. The van der Waals surface area contributed by atoms with E-state index < -0.39 is 6.10 Å². The average Bonchev–Trinajstić information content (AvgIpc) is 2.95. The molecule has 3 nitrogen and oxygen atoms in total. The first-order valence-corrected chi connectivity index (χ1v) is 7.67. The molecule has 0 aromatic heterocycles. The summed E-state index contributed by atoms with van der Waals surface area (Å²) in [6.07, 6.45) is 4.25. The molecule has 1 unspecified atom stereocenters. The molecular formula is C16H22ClNO2. The predicted octanol–water partition coefficient (Wildman–Crippen LogP) is 3.46. The summed E-state index contributed by atoms with van der Waals surface area (Å²) in [6, 6.07) is 7.18. The van der Waals surface area contributed by atoms with Gasteiger partial charge in [0.2, 0.25) is 5.91 Å².